The van der Waals surface area contributed by atoms with Gasteiger partial charge in [-0.3, -0.25) is 4.79 Å². The summed E-state index contributed by atoms with van der Waals surface area (Å²) in [6.07, 6.45) is 2.98. The first-order chi connectivity index (χ1) is 8.63. The van der Waals surface area contributed by atoms with Crippen molar-refractivity contribution in [1.82, 2.24) is 15.2 Å². The summed E-state index contributed by atoms with van der Waals surface area (Å²) in [5, 5.41) is 6.23. The number of aromatic nitrogens is 1. The number of hydrogen-bond donors (Lipinski definition) is 2. The number of carbonyl (C=O) groups is 1. The Kier molecular flexibility index (Phi) is 6.50. The van der Waals surface area contributed by atoms with Crippen LogP contribution in [0.25, 0.3) is 0 Å². The van der Waals surface area contributed by atoms with Crippen LogP contribution in [0, 0.1) is 5.92 Å². The molecule has 0 unspecified atom stereocenters. The maximum atomic E-state index is 11.8. The first-order valence-electron chi connectivity index (χ1n) is 6.75. The molecule has 0 spiro atoms. The monoisotopic (exact) mass is 251 g/mol. The second-order valence-electron chi connectivity index (χ2n) is 4.94. The molecule has 0 aromatic carbocycles. The van der Waals surface area contributed by atoms with Crippen LogP contribution in [0.1, 0.15) is 32.9 Å². The second kappa shape index (κ2) is 7.93. The Morgan fingerprint density at radius 3 is 2.89 bits per heavy atom. The fourth-order valence-electron chi connectivity index (χ4n) is 1.73. The van der Waals surface area contributed by atoms with Crippen molar-refractivity contribution in [2.45, 2.75) is 40.3 Å². The van der Waals surface area contributed by atoms with Gasteiger partial charge in [-0.15, -0.1) is 0 Å². The highest BCUT2D eigenvalue weighted by Crippen LogP contribution is 2.02. The highest BCUT2D eigenvalue weighted by atomic mass is 16.1. The number of hydrogen-bond acceptors (Lipinski definition) is 2. The minimum absolute atomic E-state index is 0.0876. The van der Waals surface area contributed by atoms with Gasteiger partial charge >= 0.3 is 0 Å². The fourth-order valence-corrected chi connectivity index (χ4v) is 1.73. The zero-order valence-corrected chi connectivity index (χ0v) is 11.7. The number of rotatable bonds is 8. The molecule has 1 amide bonds. The van der Waals surface area contributed by atoms with Gasteiger partial charge in [-0.1, -0.05) is 20.8 Å². The molecule has 1 rings (SSSR count). The predicted octanol–water partition coefficient (Wildman–Crippen LogP) is 1.76. The average molecular weight is 251 g/mol. The van der Waals surface area contributed by atoms with E-state index in [4.69, 9.17) is 0 Å². The lowest BCUT2D eigenvalue weighted by molar-refractivity contribution is -0.121. The van der Waals surface area contributed by atoms with Crippen LogP contribution in [-0.4, -0.2) is 23.6 Å². The second-order valence-corrected chi connectivity index (χ2v) is 4.94. The number of amides is 1. The van der Waals surface area contributed by atoms with Gasteiger partial charge in [0.15, 0.2) is 0 Å². The summed E-state index contributed by atoms with van der Waals surface area (Å²) in [7, 11) is 0. The molecule has 0 fully saturated rings. The van der Waals surface area contributed by atoms with Crippen LogP contribution in [0.15, 0.2) is 18.3 Å². The third-order valence-corrected chi connectivity index (χ3v) is 2.84. The molecule has 0 aliphatic heterocycles. The topological polar surface area (TPSA) is 46.1 Å². The van der Waals surface area contributed by atoms with E-state index >= 15 is 0 Å². The minimum Gasteiger partial charge on any atom is -0.355 e. The molecule has 0 aliphatic carbocycles. The summed E-state index contributed by atoms with van der Waals surface area (Å²) in [6, 6.07) is 4.03. The predicted molar refractivity (Wildman–Crippen MR) is 74.3 cm³/mol. The lowest BCUT2D eigenvalue weighted by atomic mass is 10.1. The summed E-state index contributed by atoms with van der Waals surface area (Å²) in [4.78, 5) is 11.8. The van der Waals surface area contributed by atoms with Crippen LogP contribution in [0.2, 0.25) is 0 Å². The molecule has 2 N–H and O–H groups in total. The Morgan fingerprint density at radius 2 is 2.22 bits per heavy atom. The van der Waals surface area contributed by atoms with Gasteiger partial charge in [0.05, 0.1) is 0 Å². The van der Waals surface area contributed by atoms with Crippen molar-refractivity contribution in [3.8, 4) is 0 Å². The third-order valence-electron chi connectivity index (χ3n) is 2.84. The maximum absolute atomic E-state index is 11.8. The van der Waals surface area contributed by atoms with E-state index in [0.29, 0.717) is 12.5 Å². The molecule has 0 bridgehead atoms. The Labute approximate surface area is 110 Å². The summed E-state index contributed by atoms with van der Waals surface area (Å²) in [5.74, 6) is 0.714. The van der Waals surface area contributed by atoms with Crippen molar-refractivity contribution in [3.63, 3.8) is 0 Å². The number of nitrogens with zero attached hydrogens (tertiary/aromatic N) is 1. The maximum Gasteiger partial charge on any atom is 0.239 e. The average Bonchev–Trinajstić information content (AvgIpc) is 2.73. The zero-order valence-electron chi connectivity index (χ0n) is 11.7. The minimum atomic E-state index is 0.0876. The zero-order chi connectivity index (χ0) is 13.4. The molecule has 102 valence electrons. The summed E-state index contributed by atoms with van der Waals surface area (Å²) in [6.45, 7) is 9.31. The van der Waals surface area contributed by atoms with E-state index in [1.54, 1.807) is 0 Å². The van der Waals surface area contributed by atoms with Crippen LogP contribution in [-0.2, 0) is 17.9 Å². The Hall–Kier alpha value is -1.29. The molecule has 0 atom stereocenters. The number of carbonyl (C=O) groups excluding carboxylic acids is 1. The van der Waals surface area contributed by atoms with E-state index in [1.807, 2.05) is 22.9 Å². The Bertz CT molecular complexity index is 358. The molecular weight excluding hydrogens is 226 g/mol. The van der Waals surface area contributed by atoms with Crippen molar-refractivity contribution in [3.05, 3.63) is 24.0 Å². The van der Waals surface area contributed by atoms with E-state index in [-0.39, 0.29) is 5.91 Å². The van der Waals surface area contributed by atoms with Gasteiger partial charge in [0.2, 0.25) is 5.91 Å². The quantitative estimate of drug-likeness (QED) is 0.739. The van der Waals surface area contributed by atoms with Gasteiger partial charge in [-0.25, -0.2) is 0 Å². The molecule has 4 heteroatoms. The Balaban J connectivity index is 2.37. The summed E-state index contributed by atoms with van der Waals surface area (Å²) >= 11 is 0. The lowest BCUT2D eigenvalue weighted by Gasteiger charge is -2.11. The Morgan fingerprint density at radius 1 is 1.44 bits per heavy atom. The van der Waals surface area contributed by atoms with Crippen molar-refractivity contribution in [1.29, 1.82) is 0 Å². The first kappa shape index (κ1) is 14.8. The molecule has 0 radical (unpaired) electrons. The smallest absolute Gasteiger partial charge is 0.239 e. The molecule has 18 heavy (non-hydrogen) atoms. The molecule has 1 aromatic rings. The lowest BCUT2D eigenvalue weighted by Crippen LogP contribution is -2.29. The van der Waals surface area contributed by atoms with Crippen molar-refractivity contribution < 1.29 is 4.79 Å². The molecule has 0 saturated heterocycles. The van der Waals surface area contributed by atoms with Crippen molar-refractivity contribution in [2.75, 3.05) is 13.1 Å². The van der Waals surface area contributed by atoms with Crippen LogP contribution in [0.4, 0.5) is 0 Å². The standard InChI is InChI=1S/C14H25N3O/c1-4-15-10-13-6-5-9-17(13)11-14(18)16-8-7-12(2)3/h5-6,9,12,15H,4,7-8,10-11H2,1-3H3,(H,16,18). The summed E-state index contributed by atoms with van der Waals surface area (Å²) in [5.41, 5.74) is 1.15. The van der Waals surface area contributed by atoms with Crippen molar-refractivity contribution >= 4 is 5.91 Å². The van der Waals surface area contributed by atoms with Crippen LogP contribution >= 0.6 is 0 Å². The molecule has 1 heterocycles. The van der Waals surface area contributed by atoms with E-state index in [9.17, 15) is 4.79 Å². The normalized spacial score (nSPS) is 10.9. The number of nitrogens with one attached hydrogen (secondary N) is 2. The van der Waals surface area contributed by atoms with Gasteiger partial charge < -0.3 is 15.2 Å². The van der Waals surface area contributed by atoms with Gasteiger partial charge in [-0.05, 0) is 31.0 Å². The highest BCUT2D eigenvalue weighted by molar-refractivity contribution is 5.75. The molecule has 4 nitrogen and oxygen atoms in total. The van der Waals surface area contributed by atoms with Crippen LogP contribution in [0.5, 0.6) is 0 Å². The molecule has 1 aromatic heterocycles. The molecule has 0 saturated carbocycles. The summed E-state index contributed by atoms with van der Waals surface area (Å²) < 4.78 is 1.99. The van der Waals surface area contributed by atoms with E-state index in [0.717, 1.165) is 31.7 Å². The first-order valence-corrected chi connectivity index (χ1v) is 6.75. The highest BCUT2D eigenvalue weighted by Gasteiger charge is 2.06. The van der Waals surface area contributed by atoms with Gasteiger partial charge in [0.1, 0.15) is 6.54 Å². The fraction of sp³-hybridized carbons (Fsp3) is 0.643. The van der Waals surface area contributed by atoms with Crippen LogP contribution in [0.3, 0.4) is 0 Å². The van der Waals surface area contributed by atoms with Crippen LogP contribution < -0.4 is 10.6 Å². The van der Waals surface area contributed by atoms with Gasteiger partial charge in [0, 0.05) is 25.0 Å². The van der Waals surface area contributed by atoms with Gasteiger partial charge in [0.25, 0.3) is 0 Å². The van der Waals surface area contributed by atoms with Crippen molar-refractivity contribution in [2.24, 2.45) is 5.92 Å². The molecule has 0 aliphatic rings. The van der Waals surface area contributed by atoms with E-state index in [1.165, 1.54) is 0 Å². The SMILES string of the molecule is CCNCc1cccn1CC(=O)NCCC(C)C. The van der Waals surface area contributed by atoms with E-state index < -0.39 is 0 Å². The third kappa shape index (κ3) is 5.36. The van der Waals surface area contributed by atoms with Gasteiger partial charge in [-0.2, -0.15) is 0 Å². The molecular formula is C14H25N3O. The largest absolute Gasteiger partial charge is 0.355 e. The van der Waals surface area contributed by atoms with E-state index in [2.05, 4.69) is 31.4 Å².